The van der Waals surface area contributed by atoms with Gasteiger partial charge >= 0.3 is 0 Å². The maximum Gasteiger partial charge on any atom is 0.0985 e. The molecule has 3 nitrogen and oxygen atoms in total. The molecule has 2 spiro atoms. The van der Waals surface area contributed by atoms with Crippen LogP contribution in [0.15, 0.2) is 11.6 Å². The lowest BCUT2D eigenvalue weighted by Crippen LogP contribution is -2.58. The molecule has 188 valence electrons. The number of aliphatic hydroxyl groups is 3. The van der Waals surface area contributed by atoms with Gasteiger partial charge in [0.05, 0.1) is 18.3 Å². The van der Waals surface area contributed by atoms with Crippen LogP contribution in [-0.2, 0) is 0 Å². The number of rotatable bonds is 4. The van der Waals surface area contributed by atoms with Crippen molar-refractivity contribution in [2.45, 2.75) is 125 Å². The van der Waals surface area contributed by atoms with E-state index in [-0.39, 0.29) is 22.9 Å². The van der Waals surface area contributed by atoms with Gasteiger partial charge in [0.15, 0.2) is 0 Å². The Morgan fingerprint density at radius 3 is 2.12 bits per heavy atom. The summed E-state index contributed by atoms with van der Waals surface area (Å²) in [5.41, 5.74) is 2.64. The molecule has 0 aromatic rings. The van der Waals surface area contributed by atoms with Gasteiger partial charge in [-0.25, -0.2) is 0 Å². The van der Waals surface area contributed by atoms with Gasteiger partial charge in [-0.1, -0.05) is 46.3 Å². The second-order valence-corrected chi connectivity index (χ2v) is 14.6. The summed E-state index contributed by atoms with van der Waals surface area (Å²) < 4.78 is 0. The zero-order valence-corrected chi connectivity index (χ0v) is 22.3. The maximum atomic E-state index is 11.1. The molecule has 11 atom stereocenters. The Labute approximate surface area is 202 Å². The number of aliphatic hydroxyl groups excluding tert-OH is 3. The van der Waals surface area contributed by atoms with Crippen molar-refractivity contribution in [1.29, 1.82) is 0 Å². The van der Waals surface area contributed by atoms with E-state index in [0.717, 1.165) is 17.9 Å². The standard InChI is InChI=1S/C30H50O3/c1-18(2)16-21(31)25(33)19(3)20-10-12-28(7)23-9-8-22-26(4,5)24(32)11-13-29(22)17-30(23,29)15-14-27(20,28)6/h16,19-25,31-33H,8-15,17H2,1-7H3/t19-,20+,21-,22-,23-,24-,25-,27+,28-,29+,30-/m0/s1. The first-order valence-electron chi connectivity index (χ1n) is 14.0. The van der Waals surface area contributed by atoms with Gasteiger partial charge in [0, 0.05) is 0 Å². The van der Waals surface area contributed by atoms with Crippen LogP contribution in [0.2, 0.25) is 0 Å². The summed E-state index contributed by atoms with van der Waals surface area (Å²) in [6, 6.07) is 0. The Morgan fingerprint density at radius 2 is 1.45 bits per heavy atom. The molecule has 0 heterocycles. The van der Waals surface area contributed by atoms with Crippen molar-refractivity contribution in [1.82, 2.24) is 0 Å². The molecule has 0 saturated heterocycles. The summed E-state index contributed by atoms with van der Waals surface area (Å²) in [6.45, 7) is 16.0. The third kappa shape index (κ3) is 2.91. The lowest BCUT2D eigenvalue weighted by atomic mass is 9.41. The molecule has 0 bridgehead atoms. The zero-order chi connectivity index (χ0) is 24.2. The fourth-order valence-electron chi connectivity index (χ4n) is 11.2. The summed E-state index contributed by atoms with van der Waals surface area (Å²) in [6.07, 6.45) is 11.5. The first kappa shape index (κ1) is 24.3. The first-order valence-corrected chi connectivity index (χ1v) is 14.0. The number of fused-ring (bicyclic) bond motifs is 2. The molecule has 0 radical (unpaired) electrons. The van der Waals surface area contributed by atoms with Crippen LogP contribution in [0.5, 0.6) is 0 Å². The highest BCUT2D eigenvalue weighted by Gasteiger charge is 2.82. The molecule has 0 aromatic carbocycles. The highest BCUT2D eigenvalue weighted by Crippen LogP contribution is 2.89. The average molecular weight is 459 g/mol. The van der Waals surface area contributed by atoms with Crippen LogP contribution in [0.3, 0.4) is 0 Å². The van der Waals surface area contributed by atoms with Gasteiger partial charge in [-0.15, -0.1) is 0 Å². The van der Waals surface area contributed by atoms with Crippen LogP contribution in [0.1, 0.15) is 106 Å². The van der Waals surface area contributed by atoms with E-state index in [1.54, 1.807) is 0 Å². The lowest BCUT2D eigenvalue weighted by Gasteiger charge is -2.63. The molecule has 0 aliphatic heterocycles. The third-order valence-corrected chi connectivity index (χ3v) is 13.2. The normalized spacial score (nSPS) is 52.4. The molecule has 3 heteroatoms. The summed E-state index contributed by atoms with van der Waals surface area (Å²) in [7, 11) is 0. The molecule has 5 rings (SSSR count). The van der Waals surface area contributed by atoms with Gasteiger partial charge in [-0.2, -0.15) is 0 Å². The fourth-order valence-corrected chi connectivity index (χ4v) is 11.2. The van der Waals surface area contributed by atoms with E-state index in [9.17, 15) is 15.3 Å². The van der Waals surface area contributed by atoms with E-state index in [2.05, 4.69) is 34.6 Å². The van der Waals surface area contributed by atoms with Crippen LogP contribution in [0.4, 0.5) is 0 Å². The van der Waals surface area contributed by atoms with Crippen molar-refractivity contribution in [3.63, 3.8) is 0 Å². The smallest absolute Gasteiger partial charge is 0.0985 e. The summed E-state index contributed by atoms with van der Waals surface area (Å²) >= 11 is 0. The minimum absolute atomic E-state index is 0.0479. The molecule has 0 unspecified atom stereocenters. The Morgan fingerprint density at radius 1 is 0.818 bits per heavy atom. The van der Waals surface area contributed by atoms with E-state index in [1.165, 1.54) is 51.4 Å². The molecule has 5 aliphatic carbocycles. The highest BCUT2D eigenvalue weighted by atomic mass is 16.3. The molecular weight excluding hydrogens is 408 g/mol. The van der Waals surface area contributed by atoms with Crippen molar-refractivity contribution in [2.75, 3.05) is 0 Å². The largest absolute Gasteiger partial charge is 0.393 e. The third-order valence-electron chi connectivity index (χ3n) is 13.2. The van der Waals surface area contributed by atoms with E-state index in [4.69, 9.17) is 0 Å². The predicted molar refractivity (Wildman–Crippen MR) is 133 cm³/mol. The Hall–Kier alpha value is -0.380. The van der Waals surface area contributed by atoms with Gasteiger partial charge in [-0.05, 0) is 122 Å². The monoisotopic (exact) mass is 458 g/mol. The zero-order valence-electron chi connectivity index (χ0n) is 22.3. The van der Waals surface area contributed by atoms with Crippen LogP contribution in [0, 0.1) is 50.7 Å². The summed E-state index contributed by atoms with van der Waals surface area (Å²) in [5.74, 6) is 2.02. The lowest BCUT2D eigenvalue weighted by molar-refractivity contribution is -0.165. The second kappa shape index (κ2) is 7.32. The van der Waals surface area contributed by atoms with Crippen LogP contribution in [0.25, 0.3) is 0 Å². The van der Waals surface area contributed by atoms with E-state index >= 15 is 0 Å². The summed E-state index contributed by atoms with van der Waals surface area (Å²) in [5, 5.41) is 32.6. The number of hydrogen-bond acceptors (Lipinski definition) is 3. The molecule has 5 aliphatic rings. The average Bonchev–Trinajstić information content (AvgIpc) is 3.32. The molecule has 3 N–H and O–H groups in total. The molecule has 5 fully saturated rings. The first-order chi connectivity index (χ1) is 15.3. The minimum atomic E-state index is -0.770. The van der Waals surface area contributed by atoms with Gasteiger partial charge in [0.2, 0.25) is 0 Å². The topological polar surface area (TPSA) is 60.7 Å². The quantitative estimate of drug-likeness (QED) is 0.445. The van der Waals surface area contributed by atoms with Gasteiger partial charge in [0.1, 0.15) is 0 Å². The van der Waals surface area contributed by atoms with Crippen molar-refractivity contribution >= 4 is 0 Å². The van der Waals surface area contributed by atoms with Crippen LogP contribution >= 0.6 is 0 Å². The summed E-state index contributed by atoms with van der Waals surface area (Å²) in [4.78, 5) is 0. The van der Waals surface area contributed by atoms with Gasteiger partial charge in [0.25, 0.3) is 0 Å². The van der Waals surface area contributed by atoms with E-state index < -0.39 is 12.2 Å². The van der Waals surface area contributed by atoms with Crippen molar-refractivity contribution in [3.05, 3.63) is 11.6 Å². The van der Waals surface area contributed by atoms with Gasteiger partial charge < -0.3 is 15.3 Å². The van der Waals surface area contributed by atoms with E-state index in [1.807, 2.05) is 19.9 Å². The molecule has 0 aromatic heterocycles. The minimum Gasteiger partial charge on any atom is -0.393 e. The van der Waals surface area contributed by atoms with E-state index in [0.29, 0.717) is 28.1 Å². The highest BCUT2D eigenvalue weighted by molar-refractivity contribution is 5.30. The Bertz CT molecular complexity index is 828. The van der Waals surface area contributed by atoms with Gasteiger partial charge in [-0.3, -0.25) is 0 Å². The van der Waals surface area contributed by atoms with Crippen LogP contribution < -0.4 is 0 Å². The SMILES string of the molecule is CC(C)=C[C@H](O)[C@@H](O)[C@@H](C)[C@H]1CC[C@@]2(C)[C@@H]3CC[C@H]4C(C)(C)[C@@H](O)CC[C@@]45C[C@@]35CC[C@]12C. The Kier molecular flexibility index (Phi) is 5.40. The predicted octanol–water partition coefficient (Wildman–Crippen LogP) is 6.11. The fraction of sp³-hybridized carbons (Fsp3) is 0.933. The molecular formula is C30H50O3. The van der Waals surface area contributed by atoms with Crippen molar-refractivity contribution in [2.24, 2.45) is 50.7 Å². The maximum absolute atomic E-state index is 11.1. The van der Waals surface area contributed by atoms with Crippen LogP contribution in [-0.4, -0.2) is 33.6 Å². The Balaban J connectivity index is 1.43. The number of hydrogen-bond donors (Lipinski definition) is 3. The van der Waals surface area contributed by atoms with Crippen molar-refractivity contribution < 1.29 is 15.3 Å². The second-order valence-electron chi connectivity index (χ2n) is 14.6. The molecule has 33 heavy (non-hydrogen) atoms. The molecule has 5 saturated carbocycles. The molecule has 0 amide bonds. The van der Waals surface area contributed by atoms with Crippen molar-refractivity contribution in [3.8, 4) is 0 Å². The number of allylic oxidation sites excluding steroid dienone is 1.